The number of aryl methyl sites for hydroxylation is 1. The maximum Gasteiger partial charge on any atom is 0.290 e. The van der Waals surface area contributed by atoms with Gasteiger partial charge in [-0.1, -0.05) is 29.4 Å². The number of fused-ring (bicyclic) bond motifs is 1. The van der Waals surface area contributed by atoms with Crippen molar-refractivity contribution in [2.45, 2.75) is 18.4 Å². The van der Waals surface area contributed by atoms with Gasteiger partial charge in [0.2, 0.25) is 5.76 Å². The topological polar surface area (TPSA) is 75.4 Å². The normalized spacial score (nSPS) is 21.1. The van der Waals surface area contributed by atoms with Crippen molar-refractivity contribution in [2.24, 2.45) is 0 Å². The average Bonchev–Trinajstić information content (AvgIpc) is 3.06. The quantitative estimate of drug-likeness (QED) is 0.868. The number of carbonyl (C=O) groups excluding carboxylic acids is 1. The second kappa shape index (κ2) is 4.51. The first kappa shape index (κ1) is 11.9. The minimum Gasteiger partial charge on any atom is -0.383 e. The highest BCUT2D eigenvalue weighted by molar-refractivity contribution is 5.91. The molecule has 2 N–H and O–H groups in total. The second-order valence-electron chi connectivity index (χ2n) is 4.75. The monoisotopic (exact) mass is 258 g/mol. The molecule has 5 heteroatoms. The lowest BCUT2D eigenvalue weighted by Gasteiger charge is -2.24. The Kier molecular flexibility index (Phi) is 2.83. The van der Waals surface area contributed by atoms with Gasteiger partial charge in [-0.15, -0.1) is 0 Å². The lowest BCUT2D eigenvalue weighted by atomic mass is 9.96. The number of hydrogen-bond donors (Lipinski definition) is 2. The molecule has 0 saturated heterocycles. The van der Waals surface area contributed by atoms with Gasteiger partial charge in [0, 0.05) is 6.07 Å². The molecule has 0 spiro atoms. The summed E-state index contributed by atoms with van der Waals surface area (Å²) in [6.07, 6.45) is 2.85. The van der Waals surface area contributed by atoms with Gasteiger partial charge in [-0.3, -0.25) is 4.79 Å². The molecule has 0 radical (unpaired) electrons. The van der Waals surface area contributed by atoms with Crippen LogP contribution in [-0.4, -0.2) is 22.7 Å². The fraction of sp³-hybridized carbons (Fsp3) is 0.286. The number of amides is 1. The number of aliphatic hydroxyl groups is 1. The first-order valence-electron chi connectivity index (χ1n) is 6.19. The van der Waals surface area contributed by atoms with E-state index in [1.165, 1.54) is 12.3 Å². The van der Waals surface area contributed by atoms with Gasteiger partial charge in [-0.25, -0.2) is 0 Å². The molecule has 1 unspecified atom stereocenters. The Labute approximate surface area is 110 Å². The Morgan fingerprint density at radius 1 is 1.42 bits per heavy atom. The van der Waals surface area contributed by atoms with Crippen molar-refractivity contribution in [1.29, 1.82) is 0 Å². The third-order valence-electron chi connectivity index (χ3n) is 3.53. The smallest absolute Gasteiger partial charge is 0.290 e. The molecule has 1 amide bonds. The van der Waals surface area contributed by atoms with Gasteiger partial charge in [-0.05, 0) is 24.0 Å². The largest absolute Gasteiger partial charge is 0.383 e. The van der Waals surface area contributed by atoms with Gasteiger partial charge in [0.25, 0.3) is 5.91 Å². The highest BCUT2D eigenvalue weighted by Gasteiger charge is 2.36. The SMILES string of the molecule is O=C(NCC1(O)CCc2ccccc21)c1ccno1. The molecule has 1 aliphatic rings. The third-order valence-corrected chi connectivity index (χ3v) is 3.53. The molecule has 5 nitrogen and oxygen atoms in total. The zero-order valence-corrected chi connectivity index (χ0v) is 10.3. The first-order chi connectivity index (χ1) is 9.19. The van der Waals surface area contributed by atoms with E-state index in [2.05, 4.69) is 10.5 Å². The summed E-state index contributed by atoms with van der Waals surface area (Å²) in [5.41, 5.74) is 1.04. The fourth-order valence-corrected chi connectivity index (χ4v) is 2.50. The minimum absolute atomic E-state index is 0.148. The summed E-state index contributed by atoms with van der Waals surface area (Å²) in [7, 11) is 0. The fourth-order valence-electron chi connectivity index (χ4n) is 2.50. The number of carbonyl (C=O) groups is 1. The second-order valence-corrected chi connectivity index (χ2v) is 4.75. The minimum atomic E-state index is -0.994. The van der Waals surface area contributed by atoms with Crippen molar-refractivity contribution in [3.05, 3.63) is 53.4 Å². The van der Waals surface area contributed by atoms with Gasteiger partial charge in [0.1, 0.15) is 5.60 Å². The molecule has 1 heterocycles. The van der Waals surface area contributed by atoms with Crippen LogP contribution in [-0.2, 0) is 12.0 Å². The maximum absolute atomic E-state index is 11.8. The van der Waals surface area contributed by atoms with Gasteiger partial charge >= 0.3 is 0 Å². The number of hydrogen-bond acceptors (Lipinski definition) is 4. The van der Waals surface area contributed by atoms with Crippen LogP contribution in [0.2, 0.25) is 0 Å². The standard InChI is InChI=1S/C14H14N2O3/c17-13(12-6-8-16-19-12)15-9-14(18)7-5-10-3-1-2-4-11(10)14/h1-4,6,8,18H,5,7,9H2,(H,15,17). The Balaban J connectivity index is 1.72. The van der Waals surface area contributed by atoms with Crippen LogP contribution in [0.4, 0.5) is 0 Å². The van der Waals surface area contributed by atoms with Gasteiger partial charge < -0.3 is 14.9 Å². The molecular formula is C14H14N2O3. The maximum atomic E-state index is 11.8. The summed E-state index contributed by atoms with van der Waals surface area (Å²) in [4.78, 5) is 11.8. The predicted octanol–water partition coefficient (Wildman–Crippen LogP) is 1.24. The van der Waals surface area contributed by atoms with Crippen LogP contribution in [0.25, 0.3) is 0 Å². The Hall–Kier alpha value is -2.14. The summed E-state index contributed by atoms with van der Waals surface area (Å²) in [5.74, 6) is -0.217. The Bertz CT molecular complexity index is 594. The highest BCUT2D eigenvalue weighted by atomic mass is 16.5. The molecule has 98 valence electrons. The number of rotatable bonds is 3. The molecule has 2 aromatic rings. The van der Waals surface area contributed by atoms with Crippen molar-refractivity contribution in [3.63, 3.8) is 0 Å². The van der Waals surface area contributed by atoms with E-state index >= 15 is 0 Å². The number of benzene rings is 1. The molecule has 1 aromatic carbocycles. The van der Waals surface area contributed by atoms with Crippen molar-refractivity contribution in [3.8, 4) is 0 Å². The molecule has 1 atom stereocenters. The van der Waals surface area contributed by atoms with Gasteiger partial charge in [0.15, 0.2) is 0 Å². The van der Waals surface area contributed by atoms with Crippen molar-refractivity contribution >= 4 is 5.91 Å². The molecule has 1 aromatic heterocycles. The summed E-state index contributed by atoms with van der Waals surface area (Å²) in [6.45, 7) is 0.170. The average molecular weight is 258 g/mol. The summed E-state index contributed by atoms with van der Waals surface area (Å²) in [6, 6.07) is 9.25. The van der Waals surface area contributed by atoms with Crippen LogP contribution in [0, 0.1) is 0 Å². The zero-order valence-electron chi connectivity index (χ0n) is 10.3. The molecule has 0 aliphatic heterocycles. The number of nitrogens with one attached hydrogen (secondary N) is 1. The zero-order chi connectivity index (χ0) is 13.3. The Morgan fingerprint density at radius 3 is 3.05 bits per heavy atom. The first-order valence-corrected chi connectivity index (χ1v) is 6.19. The van der Waals surface area contributed by atoms with E-state index in [0.29, 0.717) is 6.42 Å². The van der Waals surface area contributed by atoms with Crippen LogP contribution in [0.5, 0.6) is 0 Å². The third kappa shape index (κ3) is 2.13. The molecule has 0 saturated carbocycles. The highest BCUT2D eigenvalue weighted by Crippen LogP contribution is 2.36. The van der Waals surface area contributed by atoms with Gasteiger partial charge in [-0.2, -0.15) is 0 Å². The van der Waals surface area contributed by atoms with Crippen LogP contribution < -0.4 is 5.32 Å². The number of aromatic nitrogens is 1. The van der Waals surface area contributed by atoms with E-state index in [1.807, 2.05) is 24.3 Å². The summed E-state index contributed by atoms with van der Waals surface area (Å²) >= 11 is 0. The van der Waals surface area contributed by atoms with E-state index < -0.39 is 5.60 Å². The molecule has 19 heavy (non-hydrogen) atoms. The Morgan fingerprint density at radius 2 is 2.26 bits per heavy atom. The summed E-state index contributed by atoms with van der Waals surface area (Å²) in [5, 5.41) is 16.8. The summed E-state index contributed by atoms with van der Waals surface area (Å²) < 4.78 is 4.77. The van der Waals surface area contributed by atoms with Crippen LogP contribution >= 0.6 is 0 Å². The predicted molar refractivity (Wildman–Crippen MR) is 67.5 cm³/mol. The van der Waals surface area contributed by atoms with E-state index in [9.17, 15) is 9.90 Å². The van der Waals surface area contributed by atoms with Gasteiger partial charge in [0.05, 0.1) is 12.7 Å². The molecule has 0 bridgehead atoms. The molecule has 1 aliphatic carbocycles. The van der Waals surface area contributed by atoms with Crippen LogP contribution in [0.1, 0.15) is 28.1 Å². The van der Waals surface area contributed by atoms with Crippen LogP contribution in [0.3, 0.4) is 0 Å². The van der Waals surface area contributed by atoms with E-state index in [-0.39, 0.29) is 18.2 Å². The van der Waals surface area contributed by atoms with E-state index in [1.54, 1.807) is 0 Å². The van der Waals surface area contributed by atoms with Crippen LogP contribution in [0.15, 0.2) is 41.1 Å². The van der Waals surface area contributed by atoms with E-state index in [4.69, 9.17) is 4.52 Å². The van der Waals surface area contributed by atoms with Crippen molar-refractivity contribution in [1.82, 2.24) is 10.5 Å². The lowest BCUT2D eigenvalue weighted by Crippen LogP contribution is -2.39. The van der Waals surface area contributed by atoms with Crippen molar-refractivity contribution in [2.75, 3.05) is 6.54 Å². The van der Waals surface area contributed by atoms with E-state index in [0.717, 1.165) is 17.5 Å². The molecule has 0 fully saturated rings. The molecule has 3 rings (SSSR count). The van der Waals surface area contributed by atoms with Crippen molar-refractivity contribution < 1.29 is 14.4 Å². The number of nitrogens with zero attached hydrogens (tertiary/aromatic N) is 1. The molecular weight excluding hydrogens is 244 g/mol. The lowest BCUT2D eigenvalue weighted by molar-refractivity contribution is 0.0363.